The van der Waals surface area contributed by atoms with E-state index < -0.39 is 9.84 Å². The van der Waals surface area contributed by atoms with Gasteiger partial charge in [-0.25, -0.2) is 8.42 Å². The third kappa shape index (κ3) is 4.47. The molecule has 7 heteroatoms. The van der Waals surface area contributed by atoms with Gasteiger partial charge in [0.25, 0.3) is 0 Å². The third-order valence-electron chi connectivity index (χ3n) is 5.60. The zero-order valence-electron chi connectivity index (χ0n) is 15.8. The number of likely N-dealkylation sites (tertiary alicyclic amines) is 1. The van der Waals surface area contributed by atoms with Crippen molar-refractivity contribution in [3.8, 4) is 11.3 Å². The Balaban J connectivity index is 1.33. The summed E-state index contributed by atoms with van der Waals surface area (Å²) in [6, 6.07) is 13.2. The van der Waals surface area contributed by atoms with Gasteiger partial charge < -0.3 is 9.73 Å². The number of furan rings is 1. The van der Waals surface area contributed by atoms with Crippen molar-refractivity contribution in [2.24, 2.45) is 0 Å². The molecule has 1 aromatic carbocycles. The van der Waals surface area contributed by atoms with Crippen LogP contribution in [-0.4, -0.2) is 55.9 Å². The summed E-state index contributed by atoms with van der Waals surface area (Å²) in [5.74, 6) is 1.61. The van der Waals surface area contributed by atoms with Crippen molar-refractivity contribution < 1.29 is 17.6 Å². The summed E-state index contributed by atoms with van der Waals surface area (Å²) >= 11 is 0. The van der Waals surface area contributed by atoms with E-state index in [2.05, 4.69) is 10.2 Å². The monoisotopic (exact) mass is 402 g/mol. The fraction of sp³-hybridized carbons (Fsp3) is 0.476. The number of carbonyl (C=O) groups excluding carboxylic acids is 1. The van der Waals surface area contributed by atoms with Gasteiger partial charge in [0.1, 0.15) is 11.5 Å². The summed E-state index contributed by atoms with van der Waals surface area (Å²) in [4.78, 5) is 14.7. The Morgan fingerprint density at radius 2 is 1.82 bits per heavy atom. The molecule has 0 radical (unpaired) electrons. The molecule has 1 amide bonds. The van der Waals surface area contributed by atoms with Crippen LogP contribution >= 0.6 is 0 Å². The number of sulfone groups is 1. The van der Waals surface area contributed by atoms with Crippen molar-refractivity contribution in [1.29, 1.82) is 0 Å². The quantitative estimate of drug-likeness (QED) is 0.802. The molecule has 3 heterocycles. The summed E-state index contributed by atoms with van der Waals surface area (Å²) in [7, 11) is -3.10. The van der Waals surface area contributed by atoms with Crippen molar-refractivity contribution in [3.63, 3.8) is 0 Å². The molecule has 0 spiro atoms. The first-order valence-electron chi connectivity index (χ1n) is 9.88. The molecule has 0 bridgehead atoms. The average Bonchev–Trinajstić information content (AvgIpc) is 3.40. The lowest BCUT2D eigenvalue weighted by Crippen LogP contribution is -2.50. The lowest BCUT2D eigenvalue weighted by Gasteiger charge is -2.28. The van der Waals surface area contributed by atoms with Crippen LogP contribution in [0.5, 0.6) is 0 Å². The van der Waals surface area contributed by atoms with Gasteiger partial charge in [-0.2, -0.15) is 0 Å². The van der Waals surface area contributed by atoms with Crippen LogP contribution in [0.1, 0.15) is 25.0 Å². The van der Waals surface area contributed by atoms with Gasteiger partial charge in [0.05, 0.1) is 17.5 Å². The van der Waals surface area contributed by atoms with Gasteiger partial charge in [-0.1, -0.05) is 30.3 Å². The predicted octanol–water partition coefficient (Wildman–Crippen LogP) is 2.26. The number of amides is 1. The highest BCUT2D eigenvalue weighted by molar-refractivity contribution is 7.91. The van der Waals surface area contributed by atoms with E-state index in [1.165, 1.54) is 0 Å². The van der Waals surface area contributed by atoms with E-state index in [4.69, 9.17) is 4.42 Å². The molecule has 2 unspecified atom stereocenters. The maximum atomic E-state index is 12.5. The summed E-state index contributed by atoms with van der Waals surface area (Å²) in [6.45, 7) is 1.84. The Morgan fingerprint density at radius 1 is 1.07 bits per heavy atom. The summed E-state index contributed by atoms with van der Waals surface area (Å²) in [5.41, 5.74) is 1.00. The van der Waals surface area contributed by atoms with Crippen LogP contribution < -0.4 is 5.32 Å². The van der Waals surface area contributed by atoms with E-state index in [0.29, 0.717) is 6.42 Å². The molecular weight excluding hydrogens is 376 g/mol. The number of benzene rings is 1. The number of nitrogens with one attached hydrogen (secondary N) is 1. The first-order chi connectivity index (χ1) is 13.5. The first kappa shape index (κ1) is 19.2. The minimum absolute atomic E-state index is 0.0405. The second-order valence-corrected chi connectivity index (χ2v) is 9.85. The van der Waals surface area contributed by atoms with E-state index in [0.717, 1.165) is 43.0 Å². The largest absolute Gasteiger partial charge is 0.461 e. The molecule has 0 saturated carbocycles. The normalized spacial score (nSPS) is 24.4. The highest BCUT2D eigenvalue weighted by Gasteiger charge is 2.42. The topological polar surface area (TPSA) is 79.6 Å². The molecule has 2 aliphatic heterocycles. The van der Waals surface area contributed by atoms with Crippen LogP contribution in [0.4, 0.5) is 0 Å². The SMILES string of the molecule is O=C(CCc1ccc(-c2ccccc2)o1)NC1CS(=O)(=O)CC1N1CCCC1. The van der Waals surface area contributed by atoms with Gasteiger partial charge in [0, 0.05) is 24.4 Å². The number of aryl methyl sites for hydroxylation is 1. The Morgan fingerprint density at radius 3 is 2.57 bits per heavy atom. The number of carbonyl (C=O) groups is 1. The van der Waals surface area contributed by atoms with Gasteiger partial charge in [0.2, 0.25) is 5.91 Å². The van der Waals surface area contributed by atoms with Crippen LogP contribution in [0.2, 0.25) is 0 Å². The molecule has 2 aromatic rings. The smallest absolute Gasteiger partial charge is 0.220 e. The molecule has 1 aromatic heterocycles. The summed E-state index contributed by atoms with van der Waals surface area (Å²) in [6.07, 6.45) is 2.97. The highest BCUT2D eigenvalue weighted by atomic mass is 32.2. The van der Waals surface area contributed by atoms with E-state index in [-0.39, 0.29) is 35.9 Å². The summed E-state index contributed by atoms with van der Waals surface area (Å²) in [5, 5.41) is 2.97. The minimum atomic E-state index is -3.10. The van der Waals surface area contributed by atoms with Crippen molar-refractivity contribution in [1.82, 2.24) is 10.2 Å². The summed E-state index contributed by atoms with van der Waals surface area (Å²) < 4.78 is 30.1. The van der Waals surface area contributed by atoms with Gasteiger partial charge in [-0.3, -0.25) is 9.69 Å². The van der Waals surface area contributed by atoms with Crippen LogP contribution in [0, 0.1) is 0 Å². The second-order valence-electron chi connectivity index (χ2n) is 7.69. The number of rotatable bonds is 6. The maximum Gasteiger partial charge on any atom is 0.220 e. The zero-order valence-corrected chi connectivity index (χ0v) is 16.7. The van der Waals surface area contributed by atoms with Crippen molar-refractivity contribution in [3.05, 3.63) is 48.2 Å². The molecule has 2 fully saturated rings. The maximum absolute atomic E-state index is 12.5. The van der Waals surface area contributed by atoms with Crippen molar-refractivity contribution >= 4 is 15.7 Å². The van der Waals surface area contributed by atoms with Crippen LogP contribution in [0.15, 0.2) is 46.9 Å². The average molecular weight is 403 g/mol. The fourth-order valence-electron chi connectivity index (χ4n) is 4.19. The molecule has 2 aliphatic rings. The molecule has 6 nitrogen and oxygen atoms in total. The van der Waals surface area contributed by atoms with E-state index in [1.54, 1.807) is 0 Å². The highest BCUT2D eigenvalue weighted by Crippen LogP contribution is 2.24. The Kier molecular flexibility index (Phi) is 5.55. The molecule has 0 aliphatic carbocycles. The first-order valence-corrected chi connectivity index (χ1v) is 11.7. The molecule has 1 N–H and O–H groups in total. The lowest BCUT2D eigenvalue weighted by molar-refractivity contribution is -0.122. The van der Waals surface area contributed by atoms with Gasteiger partial charge >= 0.3 is 0 Å². The van der Waals surface area contributed by atoms with Crippen LogP contribution in [0.3, 0.4) is 0 Å². The van der Waals surface area contributed by atoms with Crippen molar-refractivity contribution in [2.75, 3.05) is 24.6 Å². The minimum Gasteiger partial charge on any atom is -0.461 e. The number of nitrogens with zero attached hydrogens (tertiary/aromatic N) is 1. The Bertz CT molecular complexity index is 917. The molecule has 2 saturated heterocycles. The Labute approximate surface area is 165 Å². The second kappa shape index (κ2) is 8.09. The van der Waals surface area contributed by atoms with Crippen LogP contribution in [0.25, 0.3) is 11.3 Å². The molecular formula is C21H26N2O4S. The van der Waals surface area contributed by atoms with Crippen molar-refractivity contribution in [2.45, 2.75) is 37.8 Å². The molecule has 4 rings (SSSR count). The number of hydrogen-bond acceptors (Lipinski definition) is 5. The number of hydrogen-bond donors (Lipinski definition) is 1. The lowest BCUT2D eigenvalue weighted by atomic mass is 10.1. The molecule has 150 valence electrons. The van der Waals surface area contributed by atoms with Gasteiger partial charge in [-0.05, 0) is 38.1 Å². The predicted molar refractivity (Wildman–Crippen MR) is 108 cm³/mol. The molecule has 2 atom stereocenters. The Hall–Kier alpha value is -2.12. The van der Waals surface area contributed by atoms with E-state index in [1.807, 2.05) is 42.5 Å². The zero-order chi connectivity index (χ0) is 19.6. The van der Waals surface area contributed by atoms with E-state index in [9.17, 15) is 13.2 Å². The molecule has 28 heavy (non-hydrogen) atoms. The standard InChI is InChI=1S/C21H26N2O4S/c24-21(11-9-17-8-10-20(27-17)16-6-2-1-3-7-16)22-18-14-28(25,26)15-19(18)23-12-4-5-13-23/h1-3,6-8,10,18-19H,4-5,9,11-15H2,(H,22,24). The van der Waals surface area contributed by atoms with Crippen LogP contribution in [-0.2, 0) is 21.1 Å². The van der Waals surface area contributed by atoms with E-state index >= 15 is 0 Å². The van der Waals surface area contributed by atoms with Gasteiger partial charge in [-0.15, -0.1) is 0 Å². The van der Waals surface area contributed by atoms with Gasteiger partial charge in [0.15, 0.2) is 9.84 Å². The third-order valence-corrected chi connectivity index (χ3v) is 7.31. The fourth-order valence-corrected chi connectivity index (χ4v) is 6.14.